The number of carbonyl (C=O) groups excluding carboxylic acids is 1. The van der Waals surface area contributed by atoms with Gasteiger partial charge in [0.05, 0.1) is 11.8 Å². The highest BCUT2D eigenvalue weighted by molar-refractivity contribution is 5.85. The third-order valence-electron chi connectivity index (χ3n) is 4.54. The molecule has 2 rings (SSSR count). The predicted molar refractivity (Wildman–Crippen MR) is 72.6 cm³/mol. The molecule has 2 aliphatic rings. The number of amides is 1. The Bertz CT molecular complexity index is 372. The monoisotopic (exact) mass is 265 g/mol. The van der Waals surface area contributed by atoms with Crippen molar-refractivity contribution in [1.82, 2.24) is 4.90 Å². The molecule has 0 aromatic heterocycles. The predicted octanol–water partition coefficient (Wildman–Crippen LogP) is 2.44. The number of hydrogen-bond donors (Lipinski definition) is 1. The first kappa shape index (κ1) is 14.1. The number of allylic oxidation sites excluding steroid dienone is 2. The van der Waals surface area contributed by atoms with Gasteiger partial charge in [-0.2, -0.15) is 0 Å². The van der Waals surface area contributed by atoms with Crippen molar-refractivity contribution in [2.75, 3.05) is 7.05 Å². The first-order chi connectivity index (χ1) is 9.11. The lowest BCUT2D eigenvalue weighted by molar-refractivity contribution is -0.151. The van der Waals surface area contributed by atoms with Crippen LogP contribution < -0.4 is 0 Å². The van der Waals surface area contributed by atoms with Crippen LogP contribution in [-0.4, -0.2) is 35.0 Å². The molecule has 1 amide bonds. The van der Waals surface area contributed by atoms with E-state index in [1.807, 2.05) is 24.1 Å². The number of carboxylic acid groups (broad SMARTS) is 1. The van der Waals surface area contributed by atoms with Crippen molar-refractivity contribution >= 4 is 11.9 Å². The Morgan fingerprint density at radius 2 is 1.63 bits per heavy atom. The van der Waals surface area contributed by atoms with Gasteiger partial charge in [-0.3, -0.25) is 9.59 Å². The van der Waals surface area contributed by atoms with Crippen LogP contribution in [0.25, 0.3) is 0 Å². The molecule has 0 saturated heterocycles. The van der Waals surface area contributed by atoms with Crippen molar-refractivity contribution in [3.8, 4) is 0 Å². The van der Waals surface area contributed by atoms with E-state index in [-0.39, 0.29) is 11.8 Å². The van der Waals surface area contributed by atoms with E-state index in [0.29, 0.717) is 18.9 Å². The van der Waals surface area contributed by atoms with E-state index >= 15 is 0 Å². The van der Waals surface area contributed by atoms with E-state index in [0.717, 1.165) is 12.8 Å². The summed E-state index contributed by atoms with van der Waals surface area (Å²) in [5.41, 5.74) is 0. The molecule has 0 spiro atoms. The summed E-state index contributed by atoms with van der Waals surface area (Å²) in [5, 5.41) is 9.25. The molecule has 19 heavy (non-hydrogen) atoms. The molecular weight excluding hydrogens is 242 g/mol. The fourth-order valence-corrected chi connectivity index (χ4v) is 3.27. The van der Waals surface area contributed by atoms with Gasteiger partial charge in [0.15, 0.2) is 0 Å². The van der Waals surface area contributed by atoms with Crippen molar-refractivity contribution in [3.05, 3.63) is 12.2 Å². The molecule has 0 heterocycles. The molecule has 0 bridgehead atoms. The fraction of sp³-hybridized carbons (Fsp3) is 0.733. The summed E-state index contributed by atoms with van der Waals surface area (Å²) in [6.07, 6.45) is 10.6. The van der Waals surface area contributed by atoms with Crippen molar-refractivity contribution in [3.63, 3.8) is 0 Å². The van der Waals surface area contributed by atoms with Crippen LogP contribution in [0.4, 0.5) is 0 Å². The summed E-state index contributed by atoms with van der Waals surface area (Å²) >= 11 is 0. The van der Waals surface area contributed by atoms with Crippen molar-refractivity contribution in [2.24, 2.45) is 11.8 Å². The highest BCUT2D eigenvalue weighted by Gasteiger charge is 2.37. The number of aliphatic carboxylic acids is 1. The summed E-state index contributed by atoms with van der Waals surface area (Å²) in [6, 6.07) is 0.307. The molecular formula is C15H23NO3. The van der Waals surface area contributed by atoms with Gasteiger partial charge in [0.2, 0.25) is 5.91 Å². The summed E-state index contributed by atoms with van der Waals surface area (Å²) in [4.78, 5) is 25.6. The maximum absolute atomic E-state index is 12.5. The second kappa shape index (κ2) is 6.22. The Hall–Kier alpha value is -1.32. The van der Waals surface area contributed by atoms with Gasteiger partial charge in [0, 0.05) is 13.1 Å². The lowest BCUT2D eigenvalue weighted by Gasteiger charge is -2.35. The fourth-order valence-electron chi connectivity index (χ4n) is 3.27. The number of hydrogen-bond acceptors (Lipinski definition) is 2. The molecule has 0 aromatic rings. The molecule has 1 N–H and O–H groups in total. The Morgan fingerprint density at radius 1 is 1.05 bits per heavy atom. The average molecular weight is 265 g/mol. The average Bonchev–Trinajstić information content (AvgIpc) is 2.46. The molecule has 1 fully saturated rings. The smallest absolute Gasteiger partial charge is 0.307 e. The zero-order valence-corrected chi connectivity index (χ0v) is 11.5. The van der Waals surface area contributed by atoms with E-state index in [9.17, 15) is 14.7 Å². The van der Waals surface area contributed by atoms with Crippen molar-refractivity contribution in [2.45, 2.75) is 51.0 Å². The van der Waals surface area contributed by atoms with Gasteiger partial charge in [0.1, 0.15) is 0 Å². The number of carbonyl (C=O) groups is 2. The van der Waals surface area contributed by atoms with Crippen LogP contribution in [0.5, 0.6) is 0 Å². The van der Waals surface area contributed by atoms with Crippen LogP contribution in [0.15, 0.2) is 12.2 Å². The highest BCUT2D eigenvalue weighted by atomic mass is 16.4. The summed E-state index contributed by atoms with van der Waals surface area (Å²) in [6.45, 7) is 0. The van der Waals surface area contributed by atoms with Crippen LogP contribution in [0.2, 0.25) is 0 Å². The van der Waals surface area contributed by atoms with Gasteiger partial charge in [-0.05, 0) is 25.7 Å². The summed E-state index contributed by atoms with van der Waals surface area (Å²) in [5.74, 6) is -1.76. The molecule has 1 saturated carbocycles. The Labute approximate surface area is 114 Å². The Morgan fingerprint density at radius 3 is 2.21 bits per heavy atom. The van der Waals surface area contributed by atoms with E-state index in [4.69, 9.17) is 0 Å². The minimum Gasteiger partial charge on any atom is -0.481 e. The third kappa shape index (κ3) is 3.17. The normalized spacial score (nSPS) is 28.1. The van der Waals surface area contributed by atoms with Crippen molar-refractivity contribution in [1.29, 1.82) is 0 Å². The maximum atomic E-state index is 12.5. The molecule has 0 aromatic carbocycles. The largest absolute Gasteiger partial charge is 0.481 e. The van der Waals surface area contributed by atoms with Crippen LogP contribution in [-0.2, 0) is 9.59 Å². The zero-order chi connectivity index (χ0) is 13.8. The van der Waals surface area contributed by atoms with Crippen LogP contribution in [0.3, 0.4) is 0 Å². The molecule has 2 atom stereocenters. The lowest BCUT2D eigenvalue weighted by Crippen LogP contribution is -2.45. The van der Waals surface area contributed by atoms with Gasteiger partial charge in [-0.1, -0.05) is 31.4 Å². The molecule has 0 unspecified atom stereocenters. The minimum atomic E-state index is -0.847. The van der Waals surface area contributed by atoms with E-state index < -0.39 is 11.9 Å². The van der Waals surface area contributed by atoms with Crippen LogP contribution in [0, 0.1) is 11.8 Å². The number of carboxylic acids is 1. The molecule has 4 heteroatoms. The van der Waals surface area contributed by atoms with Gasteiger partial charge < -0.3 is 10.0 Å². The van der Waals surface area contributed by atoms with Gasteiger partial charge in [-0.25, -0.2) is 0 Å². The first-order valence-corrected chi connectivity index (χ1v) is 7.25. The maximum Gasteiger partial charge on any atom is 0.307 e. The standard InChI is InChI=1S/C15H23NO3/c1-16(11-7-3-2-4-8-11)14(17)12-9-5-6-10-13(12)15(18)19/h5-6,11-13H,2-4,7-10H2,1H3,(H,18,19)/t12-,13+/m1/s1. The zero-order valence-electron chi connectivity index (χ0n) is 11.5. The summed E-state index contributed by atoms with van der Waals surface area (Å²) in [7, 11) is 1.84. The number of nitrogens with zero attached hydrogens (tertiary/aromatic N) is 1. The van der Waals surface area contributed by atoms with E-state index in [1.165, 1.54) is 19.3 Å². The van der Waals surface area contributed by atoms with Crippen LogP contribution in [0.1, 0.15) is 44.9 Å². The second-order valence-corrected chi connectivity index (χ2v) is 5.74. The van der Waals surface area contributed by atoms with Crippen molar-refractivity contribution < 1.29 is 14.7 Å². The lowest BCUT2D eigenvalue weighted by atomic mass is 9.81. The summed E-state index contributed by atoms with van der Waals surface area (Å²) < 4.78 is 0. The molecule has 0 aliphatic heterocycles. The molecule has 106 valence electrons. The van der Waals surface area contributed by atoms with E-state index in [2.05, 4.69) is 0 Å². The second-order valence-electron chi connectivity index (χ2n) is 5.74. The van der Waals surface area contributed by atoms with Gasteiger partial charge in [-0.15, -0.1) is 0 Å². The first-order valence-electron chi connectivity index (χ1n) is 7.25. The number of rotatable bonds is 3. The Balaban J connectivity index is 2.04. The third-order valence-corrected chi connectivity index (χ3v) is 4.54. The molecule has 4 nitrogen and oxygen atoms in total. The Kier molecular flexibility index (Phi) is 4.61. The van der Waals surface area contributed by atoms with E-state index in [1.54, 1.807) is 0 Å². The topological polar surface area (TPSA) is 57.6 Å². The molecule has 2 aliphatic carbocycles. The highest BCUT2D eigenvalue weighted by Crippen LogP contribution is 2.30. The quantitative estimate of drug-likeness (QED) is 0.797. The minimum absolute atomic E-state index is 0.0173. The molecule has 0 radical (unpaired) electrons. The van der Waals surface area contributed by atoms with Gasteiger partial charge in [0.25, 0.3) is 0 Å². The SMILES string of the molecule is CN(C(=O)[C@@H]1CC=CC[C@@H]1C(=O)O)C1CCCCC1. The van der Waals surface area contributed by atoms with Crippen LogP contribution >= 0.6 is 0 Å². The van der Waals surface area contributed by atoms with Gasteiger partial charge >= 0.3 is 5.97 Å².